The summed E-state index contributed by atoms with van der Waals surface area (Å²) in [5.41, 5.74) is 0.441. The summed E-state index contributed by atoms with van der Waals surface area (Å²) in [6, 6.07) is 4.44. The molecule has 1 spiro atoms. The molecule has 2 aliphatic rings. The van der Waals surface area contributed by atoms with Gasteiger partial charge in [0.15, 0.2) is 22.9 Å². The molecular formula is C24H19F3N10O2. The predicted octanol–water partition coefficient (Wildman–Crippen LogP) is 4.21. The number of hydrogen-bond donors (Lipinski definition) is 2. The quantitative estimate of drug-likeness (QED) is 0.337. The van der Waals surface area contributed by atoms with Crippen LogP contribution in [0.1, 0.15) is 30.1 Å². The van der Waals surface area contributed by atoms with Crippen LogP contribution < -0.4 is 10.1 Å². The molecule has 0 radical (unpaired) electrons. The zero-order chi connectivity index (χ0) is 26.9. The topological polar surface area (TPSA) is 144 Å². The fourth-order valence-corrected chi connectivity index (χ4v) is 5.25. The van der Waals surface area contributed by atoms with Gasteiger partial charge in [-0.1, -0.05) is 0 Å². The lowest BCUT2D eigenvalue weighted by molar-refractivity contribution is -0.182. The molecule has 1 saturated heterocycles. The Labute approximate surface area is 217 Å². The Bertz CT molecular complexity index is 1790. The zero-order valence-electron chi connectivity index (χ0n) is 20.3. The number of nitrogens with one attached hydrogen (secondary N) is 2. The van der Waals surface area contributed by atoms with Crippen LogP contribution >= 0.6 is 0 Å². The predicted molar refractivity (Wildman–Crippen MR) is 129 cm³/mol. The first-order valence-electron chi connectivity index (χ1n) is 12.0. The van der Waals surface area contributed by atoms with E-state index in [9.17, 15) is 18.4 Å². The smallest absolute Gasteiger partial charge is 0.433 e. The number of H-pyrrole nitrogens is 1. The van der Waals surface area contributed by atoms with Gasteiger partial charge in [-0.05, 0) is 18.9 Å². The van der Waals surface area contributed by atoms with Gasteiger partial charge in [0, 0.05) is 23.9 Å². The van der Waals surface area contributed by atoms with Crippen molar-refractivity contribution in [3.63, 3.8) is 0 Å². The first kappa shape index (κ1) is 23.4. The maximum atomic E-state index is 13.8. The molecule has 0 unspecified atom stereocenters. The summed E-state index contributed by atoms with van der Waals surface area (Å²) in [4.78, 5) is 12.9. The molecule has 198 valence electrons. The number of aryl methyl sites for hydroxylation is 1. The molecule has 0 amide bonds. The Balaban J connectivity index is 1.21. The minimum Gasteiger partial charge on any atom is -0.453 e. The van der Waals surface area contributed by atoms with Crippen LogP contribution in [-0.2, 0) is 18.0 Å². The van der Waals surface area contributed by atoms with Crippen LogP contribution in [0.3, 0.4) is 0 Å². The molecule has 2 fully saturated rings. The van der Waals surface area contributed by atoms with E-state index < -0.39 is 11.9 Å². The molecule has 0 aromatic carbocycles. The van der Waals surface area contributed by atoms with E-state index in [-0.39, 0.29) is 40.2 Å². The molecule has 5 aromatic heterocycles. The number of ether oxygens (including phenoxy) is 2. The number of aromatic amines is 1. The van der Waals surface area contributed by atoms with Gasteiger partial charge < -0.3 is 19.4 Å². The van der Waals surface area contributed by atoms with Gasteiger partial charge in [0.05, 0.1) is 37.8 Å². The Morgan fingerprint density at radius 2 is 2.03 bits per heavy atom. The molecule has 1 saturated carbocycles. The summed E-state index contributed by atoms with van der Waals surface area (Å²) in [5, 5.41) is 24.4. The SMILES string of the molecule is Cn1c(Nc2cc(C(F)(F)F)n(C3CC4(COC4)C3)n2)nc2ncc(Oc3cnc4[nH]ncc4c3)c(C#N)c21. The van der Waals surface area contributed by atoms with Gasteiger partial charge in [-0.2, -0.15) is 33.6 Å². The van der Waals surface area contributed by atoms with Crippen LogP contribution in [0.5, 0.6) is 11.5 Å². The first-order valence-corrected chi connectivity index (χ1v) is 12.0. The van der Waals surface area contributed by atoms with Gasteiger partial charge in [-0.25, -0.2) is 9.97 Å². The van der Waals surface area contributed by atoms with Gasteiger partial charge in [0.25, 0.3) is 0 Å². The van der Waals surface area contributed by atoms with Crippen LogP contribution in [0.4, 0.5) is 24.9 Å². The second-order valence-electron chi connectivity index (χ2n) is 9.89. The third kappa shape index (κ3) is 3.75. The van der Waals surface area contributed by atoms with Crippen LogP contribution in [0.2, 0.25) is 0 Å². The summed E-state index contributed by atoms with van der Waals surface area (Å²) in [7, 11) is 1.62. The van der Waals surface area contributed by atoms with Gasteiger partial charge in [0.2, 0.25) is 5.95 Å². The lowest BCUT2D eigenvalue weighted by atomic mass is 9.64. The largest absolute Gasteiger partial charge is 0.453 e. The van der Waals surface area contributed by atoms with E-state index in [1.165, 1.54) is 17.0 Å². The average Bonchev–Trinajstić information content (AvgIpc) is 3.55. The van der Waals surface area contributed by atoms with Crippen LogP contribution in [-0.4, -0.2) is 52.7 Å². The maximum Gasteiger partial charge on any atom is 0.433 e. The van der Waals surface area contributed by atoms with Crippen LogP contribution in [0, 0.1) is 16.7 Å². The standard InChI is InChI=1S/C24H19F3N10O2/c1-36-19-15(6-28)16(39-14-2-12-7-31-34-20(12)29-8-14)9-30-21(19)33-22(36)32-18-3-17(24(25,26)27)37(35-18)13-4-23(5-13)10-38-11-23/h2-3,7-9,13H,4-5,10-11H2,1H3,(H,29,31,34)(H,30,32,33,35). The summed E-state index contributed by atoms with van der Waals surface area (Å²) >= 11 is 0. The van der Waals surface area contributed by atoms with E-state index >= 15 is 0 Å². The molecule has 2 N–H and O–H groups in total. The second kappa shape index (κ2) is 8.14. The van der Waals surface area contributed by atoms with E-state index in [0.717, 1.165) is 16.1 Å². The lowest BCUT2D eigenvalue weighted by Gasteiger charge is -2.53. The Hall–Kier alpha value is -4.71. The van der Waals surface area contributed by atoms with Crippen molar-refractivity contribution in [3.8, 4) is 17.6 Å². The van der Waals surface area contributed by atoms with Gasteiger partial charge >= 0.3 is 6.18 Å². The molecule has 1 aliphatic carbocycles. The third-order valence-corrected chi connectivity index (χ3v) is 7.24. The van der Waals surface area contributed by atoms with Crippen molar-refractivity contribution in [3.05, 3.63) is 42.0 Å². The van der Waals surface area contributed by atoms with Crippen molar-refractivity contribution in [2.45, 2.75) is 25.1 Å². The third-order valence-electron chi connectivity index (χ3n) is 7.24. The fraction of sp³-hybridized carbons (Fsp3) is 0.333. The minimum absolute atomic E-state index is 0.0130. The van der Waals surface area contributed by atoms with Gasteiger partial charge in [0.1, 0.15) is 28.6 Å². The van der Waals surface area contributed by atoms with Gasteiger partial charge in [-0.3, -0.25) is 9.78 Å². The highest BCUT2D eigenvalue weighted by atomic mass is 19.4. The number of fused-ring (bicyclic) bond motifs is 2. The number of rotatable bonds is 5. The second-order valence-corrected chi connectivity index (χ2v) is 9.89. The Kier molecular flexibility index (Phi) is 4.89. The normalized spacial score (nSPS) is 16.8. The van der Waals surface area contributed by atoms with Crippen molar-refractivity contribution in [2.24, 2.45) is 12.5 Å². The first-order chi connectivity index (χ1) is 18.7. The van der Waals surface area contributed by atoms with E-state index in [0.29, 0.717) is 43.0 Å². The molecular weight excluding hydrogens is 517 g/mol. The molecule has 0 bridgehead atoms. The van der Waals surface area contributed by atoms with Crippen LogP contribution in [0.15, 0.2) is 30.7 Å². The average molecular weight is 536 g/mol. The number of hydrogen-bond acceptors (Lipinski definition) is 9. The maximum absolute atomic E-state index is 13.8. The van der Waals surface area contributed by atoms with Gasteiger partial charge in [-0.15, -0.1) is 0 Å². The minimum atomic E-state index is -4.58. The fourth-order valence-electron chi connectivity index (χ4n) is 5.25. The molecule has 15 heteroatoms. The molecule has 12 nitrogen and oxygen atoms in total. The number of anilines is 2. The van der Waals surface area contributed by atoms with Crippen LogP contribution in [0.25, 0.3) is 22.2 Å². The molecule has 7 rings (SSSR count). The summed E-state index contributed by atoms with van der Waals surface area (Å²) < 4.78 is 55.2. The number of pyridine rings is 2. The van der Waals surface area contributed by atoms with Crippen molar-refractivity contribution >= 4 is 34.0 Å². The molecule has 0 atom stereocenters. The highest BCUT2D eigenvalue weighted by Gasteiger charge is 2.52. The Morgan fingerprint density at radius 1 is 1.21 bits per heavy atom. The highest BCUT2D eigenvalue weighted by Crippen LogP contribution is 2.54. The van der Waals surface area contributed by atoms with E-state index in [4.69, 9.17) is 9.47 Å². The van der Waals surface area contributed by atoms with E-state index in [2.05, 4.69) is 41.6 Å². The van der Waals surface area contributed by atoms with Crippen molar-refractivity contribution in [2.75, 3.05) is 18.5 Å². The number of imidazole rings is 1. The zero-order valence-corrected chi connectivity index (χ0v) is 20.3. The molecule has 39 heavy (non-hydrogen) atoms. The molecule has 5 aromatic rings. The highest BCUT2D eigenvalue weighted by molar-refractivity contribution is 5.84. The monoisotopic (exact) mass is 536 g/mol. The van der Waals surface area contributed by atoms with Crippen molar-refractivity contribution in [1.29, 1.82) is 5.26 Å². The number of nitriles is 1. The van der Waals surface area contributed by atoms with E-state index in [1.54, 1.807) is 19.3 Å². The Morgan fingerprint density at radius 3 is 2.74 bits per heavy atom. The lowest BCUT2D eigenvalue weighted by Crippen LogP contribution is -2.53. The molecule has 6 heterocycles. The van der Waals surface area contributed by atoms with E-state index in [1.807, 2.05) is 0 Å². The number of halogens is 3. The van der Waals surface area contributed by atoms with Crippen molar-refractivity contribution in [1.82, 2.24) is 39.5 Å². The number of aromatic nitrogens is 8. The van der Waals surface area contributed by atoms with Crippen molar-refractivity contribution < 1.29 is 22.6 Å². The summed E-state index contributed by atoms with van der Waals surface area (Å²) in [6.45, 7) is 1.15. The molecule has 1 aliphatic heterocycles. The number of alkyl halides is 3. The summed E-state index contributed by atoms with van der Waals surface area (Å²) in [6.07, 6.45) is 1.05. The summed E-state index contributed by atoms with van der Waals surface area (Å²) in [5.74, 6) is 0.703. The number of nitrogens with zero attached hydrogens (tertiary/aromatic N) is 8.